The molecule has 4 rings (SSSR count). The van der Waals surface area contributed by atoms with Gasteiger partial charge in [-0.2, -0.15) is 0 Å². The van der Waals surface area contributed by atoms with Crippen molar-refractivity contribution in [1.29, 1.82) is 0 Å². The molecule has 0 unspecified atom stereocenters. The Morgan fingerprint density at radius 2 is 2.04 bits per heavy atom. The lowest BCUT2D eigenvalue weighted by molar-refractivity contribution is 0.310. The van der Waals surface area contributed by atoms with E-state index in [-0.39, 0.29) is 5.56 Å². The van der Waals surface area contributed by atoms with Crippen molar-refractivity contribution in [3.05, 3.63) is 51.4 Å². The number of H-pyrrole nitrogens is 1. The summed E-state index contributed by atoms with van der Waals surface area (Å²) in [5.41, 5.74) is 3.24. The first-order chi connectivity index (χ1) is 11.2. The van der Waals surface area contributed by atoms with Gasteiger partial charge in [-0.3, -0.25) is 9.69 Å². The third-order valence-corrected chi connectivity index (χ3v) is 4.46. The van der Waals surface area contributed by atoms with Crippen LogP contribution in [0.5, 0.6) is 0 Å². The van der Waals surface area contributed by atoms with E-state index >= 15 is 0 Å². The topological polar surface area (TPSA) is 87.9 Å². The van der Waals surface area contributed by atoms with Crippen LogP contribution in [0.3, 0.4) is 0 Å². The minimum absolute atomic E-state index is 0.0801. The van der Waals surface area contributed by atoms with E-state index in [0.29, 0.717) is 23.6 Å². The van der Waals surface area contributed by atoms with Gasteiger partial charge in [0.2, 0.25) is 0 Å². The SMILES string of the molecule is CN(Cc1ccc2nonc2c1)Cc1nc2ccsc2c(=O)[nH]1. The maximum Gasteiger partial charge on any atom is 0.268 e. The van der Waals surface area contributed by atoms with E-state index in [1.54, 1.807) is 0 Å². The molecule has 0 bridgehead atoms. The Morgan fingerprint density at radius 3 is 2.96 bits per heavy atom. The van der Waals surface area contributed by atoms with Crippen molar-refractivity contribution in [3.8, 4) is 0 Å². The van der Waals surface area contributed by atoms with Crippen LogP contribution in [0.4, 0.5) is 0 Å². The molecule has 0 saturated heterocycles. The Bertz CT molecular complexity index is 1030. The van der Waals surface area contributed by atoms with Crippen LogP contribution in [0, 0.1) is 0 Å². The van der Waals surface area contributed by atoms with Crippen molar-refractivity contribution in [1.82, 2.24) is 25.2 Å². The van der Waals surface area contributed by atoms with Gasteiger partial charge in [0.05, 0.1) is 12.1 Å². The van der Waals surface area contributed by atoms with E-state index in [1.165, 1.54) is 11.3 Å². The van der Waals surface area contributed by atoms with Gasteiger partial charge in [-0.15, -0.1) is 11.3 Å². The third-order valence-electron chi connectivity index (χ3n) is 3.55. The molecule has 0 saturated carbocycles. The van der Waals surface area contributed by atoms with Gasteiger partial charge in [-0.1, -0.05) is 6.07 Å². The summed E-state index contributed by atoms with van der Waals surface area (Å²) in [7, 11) is 1.98. The zero-order valence-corrected chi connectivity index (χ0v) is 13.1. The van der Waals surface area contributed by atoms with Gasteiger partial charge < -0.3 is 4.98 Å². The highest BCUT2D eigenvalue weighted by molar-refractivity contribution is 7.17. The second-order valence-corrected chi connectivity index (χ2v) is 6.32. The van der Waals surface area contributed by atoms with Crippen LogP contribution in [0.15, 0.2) is 39.1 Å². The zero-order chi connectivity index (χ0) is 15.8. The number of hydrogen-bond donors (Lipinski definition) is 1. The van der Waals surface area contributed by atoms with E-state index in [2.05, 4.69) is 25.2 Å². The monoisotopic (exact) mass is 327 g/mol. The number of benzene rings is 1. The maximum absolute atomic E-state index is 12.0. The Balaban J connectivity index is 1.54. The Kier molecular flexibility index (Phi) is 3.40. The minimum Gasteiger partial charge on any atom is -0.308 e. The summed E-state index contributed by atoms with van der Waals surface area (Å²) >= 11 is 1.40. The second-order valence-electron chi connectivity index (χ2n) is 5.41. The standard InChI is InChI=1S/C15H13N5O2S/c1-20(7-9-2-3-10-12(6-9)19-22-18-10)8-13-16-11-4-5-23-14(11)15(21)17-13/h2-6H,7-8H2,1H3,(H,16,17,21). The molecule has 0 spiro atoms. The molecule has 0 aliphatic carbocycles. The molecule has 0 aliphatic rings. The fraction of sp³-hybridized carbons (Fsp3) is 0.200. The normalized spacial score (nSPS) is 11.7. The molecule has 0 radical (unpaired) electrons. The van der Waals surface area contributed by atoms with Gasteiger partial charge in [0.25, 0.3) is 5.56 Å². The Hall–Kier alpha value is -2.58. The van der Waals surface area contributed by atoms with Crippen molar-refractivity contribution in [2.45, 2.75) is 13.1 Å². The molecule has 116 valence electrons. The summed E-state index contributed by atoms with van der Waals surface area (Å²) in [4.78, 5) is 21.4. The molecule has 7 nitrogen and oxygen atoms in total. The van der Waals surface area contributed by atoms with Gasteiger partial charge in [0.15, 0.2) is 0 Å². The summed E-state index contributed by atoms with van der Waals surface area (Å²) < 4.78 is 5.37. The molecule has 0 aliphatic heterocycles. The number of thiophene rings is 1. The molecular weight excluding hydrogens is 314 g/mol. The van der Waals surface area contributed by atoms with Gasteiger partial charge >= 0.3 is 0 Å². The van der Waals surface area contributed by atoms with Crippen LogP contribution >= 0.6 is 11.3 Å². The molecule has 23 heavy (non-hydrogen) atoms. The van der Waals surface area contributed by atoms with E-state index in [1.807, 2.05) is 36.7 Å². The molecule has 0 amide bonds. The molecular formula is C15H13N5O2S. The molecule has 0 atom stereocenters. The van der Waals surface area contributed by atoms with Crippen molar-refractivity contribution in [2.24, 2.45) is 0 Å². The van der Waals surface area contributed by atoms with Crippen LogP contribution in [0.2, 0.25) is 0 Å². The van der Waals surface area contributed by atoms with Crippen LogP contribution in [-0.4, -0.2) is 32.2 Å². The Labute approximate surface area is 134 Å². The predicted molar refractivity (Wildman–Crippen MR) is 87.2 cm³/mol. The molecule has 1 aromatic carbocycles. The lowest BCUT2D eigenvalue weighted by Gasteiger charge is -2.15. The van der Waals surface area contributed by atoms with Crippen molar-refractivity contribution < 1.29 is 4.63 Å². The number of rotatable bonds is 4. The fourth-order valence-electron chi connectivity index (χ4n) is 2.55. The van der Waals surface area contributed by atoms with E-state index in [4.69, 9.17) is 4.63 Å². The van der Waals surface area contributed by atoms with Crippen LogP contribution < -0.4 is 5.56 Å². The largest absolute Gasteiger partial charge is 0.308 e. The highest BCUT2D eigenvalue weighted by Crippen LogP contribution is 2.15. The number of nitrogens with one attached hydrogen (secondary N) is 1. The van der Waals surface area contributed by atoms with E-state index in [0.717, 1.165) is 22.1 Å². The average molecular weight is 327 g/mol. The summed E-state index contributed by atoms with van der Waals surface area (Å²) in [6.07, 6.45) is 0. The number of aromatic amines is 1. The number of fused-ring (bicyclic) bond motifs is 2. The lowest BCUT2D eigenvalue weighted by atomic mass is 10.2. The first-order valence-corrected chi connectivity index (χ1v) is 7.93. The van der Waals surface area contributed by atoms with Crippen LogP contribution in [0.1, 0.15) is 11.4 Å². The van der Waals surface area contributed by atoms with Gasteiger partial charge in [-0.05, 0) is 46.5 Å². The smallest absolute Gasteiger partial charge is 0.268 e. The first kappa shape index (κ1) is 14.0. The minimum atomic E-state index is -0.0801. The number of nitrogens with zero attached hydrogens (tertiary/aromatic N) is 4. The third kappa shape index (κ3) is 2.73. The summed E-state index contributed by atoms with van der Waals surface area (Å²) in [6, 6.07) is 7.68. The van der Waals surface area contributed by atoms with Crippen molar-refractivity contribution in [2.75, 3.05) is 7.05 Å². The molecule has 3 aromatic heterocycles. The number of aromatic nitrogens is 4. The van der Waals surface area contributed by atoms with E-state index < -0.39 is 0 Å². The van der Waals surface area contributed by atoms with E-state index in [9.17, 15) is 4.79 Å². The zero-order valence-electron chi connectivity index (χ0n) is 12.3. The average Bonchev–Trinajstić information content (AvgIpc) is 3.15. The highest BCUT2D eigenvalue weighted by Gasteiger charge is 2.09. The molecule has 8 heteroatoms. The maximum atomic E-state index is 12.0. The fourth-order valence-corrected chi connectivity index (χ4v) is 3.27. The predicted octanol–water partition coefficient (Wildman–Crippen LogP) is 2.15. The summed E-state index contributed by atoms with van der Waals surface area (Å²) in [5, 5.41) is 9.52. The van der Waals surface area contributed by atoms with Crippen molar-refractivity contribution >= 4 is 32.6 Å². The van der Waals surface area contributed by atoms with Gasteiger partial charge in [0, 0.05) is 6.54 Å². The lowest BCUT2D eigenvalue weighted by Crippen LogP contribution is -2.21. The highest BCUT2D eigenvalue weighted by atomic mass is 32.1. The molecule has 0 fully saturated rings. The van der Waals surface area contributed by atoms with Crippen LogP contribution in [-0.2, 0) is 13.1 Å². The first-order valence-electron chi connectivity index (χ1n) is 7.05. The van der Waals surface area contributed by atoms with Crippen molar-refractivity contribution in [3.63, 3.8) is 0 Å². The Morgan fingerprint density at radius 1 is 1.17 bits per heavy atom. The molecule has 4 aromatic rings. The van der Waals surface area contributed by atoms with Crippen LogP contribution in [0.25, 0.3) is 21.3 Å². The quantitative estimate of drug-likeness (QED) is 0.618. The summed E-state index contributed by atoms with van der Waals surface area (Å²) in [6.45, 7) is 1.25. The van der Waals surface area contributed by atoms with Gasteiger partial charge in [-0.25, -0.2) is 9.61 Å². The van der Waals surface area contributed by atoms with Gasteiger partial charge in [0.1, 0.15) is 21.6 Å². The molecule has 3 heterocycles. The molecule has 1 N–H and O–H groups in total. The summed E-state index contributed by atoms with van der Waals surface area (Å²) in [5.74, 6) is 0.660. The number of hydrogen-bond acceptors (Lipinski definition) is 7. The second kappa shape index (κ2) is 5.56.